The molecule has 1 unspecified atom stereocenters. The van der Waals surface area contributed by atoms with Gasteiger partial charge in [-0.25, -0.2) is 0 Å². The lowest BCUT2D eigenvalue weighted by Crippen LogP contribution is -2.49. The lowest BCUT2D eigenvalue weighted by molar-refractivity contribution is 0.219. The van der Waals surface area contributed by atoms with Crippen molar-refractivity contribution in [1.82, 2.24) is 10.2 Å². The molecule has 2 rings (SSSR count). The van der Waals surface area contributed by atoms with Crippen molar-refractivity contribution in [2.75, 3.05) is 38.2 Å². The second-order valence-electron chi connectivity index (χ2n) is 5.32. The van der Waals surface area contributed by atoms with Gasteiger partial charge in [0, 0.05) is 41.4 Å². The first-order valence-corrected chi connectivity index (χ1v) is 8.20. The topological polar surface area (TPSA) is 32.3 Å². The van der Waals surface area contributed by atoms with Gasteiger partial charge in [-0.2, -0.15) is 0 Å². The Morgan fingerprint density at radius 1 is 1.31 bits per heavy atom. The molecule has 4 heteroatoms. The molecule has 16 heavy (non-hydrogen) atoms. The highest BCUT2D eigenvalue weighted by atomic mass is 32.2. The molecule has 1 aliphatic carbocycles. The summed E-state index contributed by atoms with van der Waals surface area (Å²) in [5.41, 5.74) is 0.395. The van der Waals surface area contributed by atoms with Crippen LogP contribution in [0.4, 0.5) is 0 Å². The van der Waals surface area contributed by atoms with Crippen LogP contribution in [0.1, 0.15) is 32.1 Å². The summed E-state index contributed by atoms with van der Waals surface area (Å²) < 4.78 is 11.2. The Morgan fingerprint density at radius 3 is 2.75 bits per heavy atom. The molecule has 0 aromatic carbocycles. The summed E-state index contributed by atoms with van der Waals surface area (Å²) in [6.07, 6.45) is 8.46. The molecule has 3 nitrogen and oxygen atoms in total. The Balaban J connectivity index is 1.90. The third kappa shape index (κ3) is 3.28. The number of hydrogen-bond donors (Lipinski definition) is 1. The highest BCUT2D eigenvalue weighted by molar-refractivity contribution is 7.84. The van der Waals surface area contributed by atoms with Crippen molar-refractivity contribution >= 4 is 10.8 Å². The molecular weight excluding hydrogens is 220 g/mol. The maximum Gasteiger partial charge on any atom is 0.0359 e. The van der Waals surface area contributed by atoms with E-state index in [9.17, 15) is 4.21 Å². The largest absolute Gasteiger partial charge is 0.310 e. The summed E-state index contributed by atoms with van der Waals surface area (Å²) in [5, 5.41) is 3.76. The van der Waals surface area contributed by atoms with E-state index in [-0.39, 0.29) is 0 Å². The lowest BCUT2D eigenvalue weighted by Gasteiger charge is -2.33. The van der Waals surface area contributed by atoms with Crippen LogP contribution in [0.15, 0.2) is 0 Å². The Kier molecular flexibility index (Phi) is 4.39. The molecule has 1 saturated carbocycles. The molecule has 1 N–H and O–H groups in total. The molecule has 1 saturated heterocycles. The minimum absolute atomic E-state index is 0.395. The van der Waals surface area contributed by atoms with Crippen LogP contribution < -0.4 is 5.32 Å². The maximum absolute atomic E-state index is 11.2. The fraction of sp³-hybridized carbons (Fsp3) is 1.00. The van der Waals surface area contributed by atoms with Crippen molar-refractivity contribution in [1.29, 1.82) is 0 Å². The van der Waals surface area contributed by atoms with Crippen molar-refractivity contribution in [2.24, 2.45) is 0 Å². The molecule has 0 aromatic heterocycles. The molecule has 0 amide bonds. The van der Waals surface area contributed by atoms with E-state index >= 15 is 0 Å². The average Bonchev–Trinajstić information content (AvgIpc) is 2.58. The van der Waals surface area contributed by atoms with Gasteiger partial charge in [0.15, 0.2) is 0 Å². The van der Waals surface area contributed by atoms with E-state index in [1.165, 1.54) is 45.2 Å². The zero-order chi connectivity index (χ0) is 11.4. The van der Waals surface area contributed by atoms with Gasteiger partial charge in [0.1, 0.15) is 0 Å². The van der Waals surface area contributed by atoms with Crippen molar-refractivity contribution in [3.63, 3.8) is 0 Å². The van der Waals surface area contributed by atoms with Crippen molar-refractivity contribution in [2.45, 2.75) is 37.6 Å². The normalized spacial score (nSPS) is 28.1. The minimum atomic E-state index is -0.648. The van der Waals surface area contributed by atoms with Crippen LogP contribution in [0.25, 0.3) is 0 Å². The van der Waals surface area contributed by atoms with Crippen LogP contribution >= 0.6 is 0 Å². The van der Waals surface area contributed by atoms with Gasteiger partial charge >= 0.3 is 0 Å². The molecule has 1 aliphatic heterocycles. The van der Waals surface area contributed by atoms with Gasteiger partial charge in [0.25, 0.3) is 0 Å². The van der Waals surface area contributed by atoms with Crippen molar-refractivity contribution in [3.8, 4) is 0 Å². The summed E-state index contributed by atoms with van der Waals surface area (Å²) in [6, 6.07) is 0. The maximum atomic E-state index is 11.2. The molecule has 1 heterocycles. The van der Waals surface area contributed by atoms with Gasteiger partial charge in [-0.3, -0.25) is 4.21 Å². The van der Waals surface area contributed by atoms with Gasteiger partial charge in [0.2, 0.25) is 0 Å². The first kappa shape index (κ1) is 12.5. The fourth-order valence-corrected chi connectivity index (χ4v) is 3.57. The predicted octanol–water partition coefficient (Wildman–Crippen LogP) is 0.973. The second kappa shape index (κ2) is 5.61. The zero-order valence-electron chi connectivity index (χ0n) is 10.3. The summed E-state index contributed by atoms with van der Waals surface area (Å²) >= 11 is 0. The summed E-state index contributed by atoms with van der Waals surface area (Å²) in [4.78, 5) is 2.52. The Labute approximate surface area is 101 Å². The highest BCUT2D eigenvalue weighted by Gasteiger charge is 2.36. The fourth-order valence-electron chi connectivity index (χ4n) is 3.05. The quantitative estimate of drug-likeness (QED) is 0.803. The van der Waals surface area contributed by atoms with Crippen molar-refractivity contribution in [3.05, 3.63) is 0 Å². The molecule has 0 aromatic rings. The first-order chi connectivity index (χ1) is 7.70. The summed E-state index contributed by atoms with van der Waals surface area (Å²) in [7, 11) is -0.648. The zero-order valence-corrected chi connectivity index (χ0v) is 11.2. The second-order valence-corrected chi connectivity index (χ2v) is 6.88. The number of nitrogens with one attached hydrogen (secondary N) is 1. The smallest absolute Gasteiger partial charge is 0.0359 e. The Morgan fingerprint density at radius 2 is 2.06 bits per heavy atom. The SMILES string of the molecule is CS(=O)CCN1CCCNC2(CCCC2)C1. The van der Waals surface area contributed by atoms with E-state index in [1.807, 2.05) is 0 Å². The Hall–Kier alpha value is 0.0700. The third-order valence-corrected chi connectivity index (χ3v) is 4.69. The van der Waals surface area contributed by atoms with Crippen LogP contribution in [0, 0.1) is 0 Å². The predicted molar refractivity (Wildman–Crippen MR) is 69.2 cm³/mol. The van der Waals surface area contributed by atoms with Crippen LogP contribution in [-0.2, 0) is 10.8 Å². The van der Waals surface area contributed by atoms with Crippen LogP contribution in [0.3, 0.4) is 0 Å². The van der Waals surface area contributed by atoms with E-state index in [0.717, 1.165) is 18.8 Å². The van der Waals surface area contributed by atoms with E-state index in [4.69, 9.17) is 0 Å². The van der Waals surface area contributed by atoms with Crippen LogP contribution in [0.2, 0.25) is 0 Å². The number of rotatable bonds is 3. The highest BCUT2D eigenvalue weighted by Crippen LogP contribution is 2.31. The monoisotopic (exact) mass is 244 g/mol. The molecule has 1 spiro atoms. The molecule has 2 aliphatic rings. The van der Waals surface area contributed by atoms with Gasteiger partial charge in [-0.1, -0.05) is 12.8 Å². The molecule has 0 bridgehead atoms. The molecule has 2 fully saturated rings. The van der Waals surface area contributed by atoms with Gasteiger partial charge < -0.3 is 10.2 Å². The van der Waals surface area contributed by atoms with Gasteiger partial charge in [-0.15, -0.1) is 0 Å². The number of hydrogen-bond acceptors (Lipinski definition) is 3. The molecule has 1 atom stereocenters. The van der Waals surface area contributed by atoms with Gasteiger partial charge in [0.05, 0.1) is 0 Å². The average molecular weight is 244 g/mol. The standard InChI is InChI=1S/C12H24N2OS/c1-16(15)10-9-14-8-4-7-13-12(11-14)5-2-3-6-12/h13H,2-11H2,1H3. The molecular formula is C12H24N2OS. The van der Waals surface area contributed by atoms with Crippen molar-refractivity contribution < 1.29 is 4.21 Å². The van der Waals surface area contributed by atoms with E-state index in [0.29, 0.717) is 5.54 Å². The van der Waals surface area contributed by atoms with E-state index in [1.54, 1.807) is 6.26 Å². The lowest BCUT2D eigenvalue weighted by atomic mass is 9.97. The van der Waals surface area contributed by atoms with E-state index in [2.05, 4.69) is 10.2 Å². The first-order valence-electron chi connectivity index (χ1n) is 6.48. The van der Waals surface area contributed by atoms with Crippen LogP contribution in [0.5, 0.6) is 0 Å². The summed E-state index contributed by atoms with van der Waals surface area (Å²) in [6.45, 7) is 4.51. The Bertz CT molecular complexity index is 251. The summed E-state index contributed by atoms with van der Waals surface area (Å²) in [5.74, 6) is 0.829. The van der Waals surface area contributed by atoms with Crippen LogP contribution in [-0.4, -0.2) is 52.8 Å². The van der Waals surface area contributed by atoms with E-state index < -0.39 is 10.8 Å². The molecule has 94 valence electrons. The third-order valence-electron chi connectivity index (χ3n) is 3.93. The minimum Gasteiger partial charge on any atom is -0.310 e. The van der Waals surface area contributed by atoms with Gasteiger partial charge in [-0.05, 0) is 32.4 Å². The molecule has 0 radical (unpaired) electrons. The number of nitrogens with zero attached hydrogens (tertiary/aromatic N) is 1.